The Morgan fingerprint density at radius 1 is 1.25 bits per heavy atom. The van der Waals surface area contributed by atoms with Crippen molar-refractivity contribution >= 4 is 11.5 Å². The Bertz CT molecular complexity index is 394. The molecule has 1 aliphatic carbocycles. The number of hydrogen-bond donors (Lipinski definition) is 0. The van der Waals surface area contributed by atoms with Gasteiger partial charge < -0.3 is 0 Å². The van der Waals surface area contributed by atoms with Crippen LogP contribution in [0.15, 0.2) is 35.3 Å². The Kier molecular flexibility index (Phi) is 3.50. The predicted molar refractivity (Wildman–Crippen MR) is 65.6 cm³/mol. The lowest BCUT2D eigenvalue weighted by Gasteiger charge is -2.19. The third kappa shape index (κ3) is 2.57. The molecule has 1 unspecified atom stereocenters. The van der Waals surface area contributed by atoms with Gasteiger partial charge in [0.05, 0.1) is 12.5 Å². The number of Topliss-reactive ketones (excluding diaryl/α,β-unsaturated/α-hetero) is 1. The molecule has 1 saturated carbocycles. The van der Waals surface area contributed by atoms with E-state index in [0.717, 1.165) is 25.0 Å². The number of ketones is 1. The summed E-state index contributed by atoms with van der Waals surface area (Å²) < 4.78 is 0. The van der Waals surface area contributed by atoms with Gasteiger partial charge >= 0.3 is 0 Å². The minimum absolute atomic E-state index is 0.0393. The van der Waals surface area contributed by atoms with Crippen molar-refractivity contribution in [2.45, 2.75) is 32.7 Å². The van der Waals surface area contributed by atoms with Crippen molar-refractivity contribution in [2.75, 3.05) is 0 Å². The Balaban J connectivity index is 2.04. The van der Waals surface area contributed by atoms with E-state index in [1.807, 2.05) is 25.1 Å². The summed E-state index contributed by atoms with van der Waals surface area (Å²) in [6, 6.07) is 10.2. The molecule has 1 aromatic rings. The van der Waals surface area contributed by atoms with E-state index in [1.54, 1.807) is 0 Å². The van der Waals surface area contributed by atoms with Crippen molar-refractivity contribution < 1.29 is 4.79 Å². The number of carbonyl (C=O) groups excluding carboxylic acids is 1. The molecule has 1 aliphatic rings. The minimum Gasteiger partial charge on any atom is -0.299 e. The smallest absolute Gasteiger partial charge is 0.141 e. The maximum absolute atomic E-state index is 11.5. The van der Waals surface area contributed by atoms with Crippen LogP contribution in [0, 0.1) is 5.92 Å². The van der Waals surface area contributed by atoms with E-state index < -0.39 is 0 Å². The summed E-state index contributed by atoms with van der Waals surface area (Å²) in [7, 11) is 0. The third-order valence-corrected chi connectivity index (χ3v) is 3.15. The summed E-state index contributed by atoms with van der Waals surface area (Å²) >= 11 is 0. The summed E-state index contributed by atoms with van der Waals surface area (Å²) in [5.41, 5.74) is 2.29. The number of aliphatic imine (C=N–C) groups is 1. The molecule has 0 aliphatic heterocycles. The number of carbonyl (C=O) groups is 1. The van der Waals surface area contributed by atoms with Gasteiger partial charge in [0, 0.05) is 12.1 Å². The largest absolute Gasteiger partial charge is 0.299 e. The molecular weight excluding hydrogens is 198 g/mol. The fraction of sp³-hybridized carbons (Fsp3) is 0.429. The van der Waals surface area contributed by atoms with Gasteiger partial charge in [-0.25, -0.2) is 0 Å². The van der Waals surface area contributed by atoms with Gasteiger partial charge in [-0.2, -0.15) is 0 Å². The molecule has 1 fully saturated rings. The second-order valence-electron chi connectivity index (χ2n) is 4.33. The summed E-state index contributed by atoms with van der Waals surface area (Å²) in [5.74, 6) is 0.385. The first-order valence-electron chi connectivity index (χ1n) is 5.87. The van der Waals surface area contributed by atoms with E-state index in [1.165, 1.54) is 5.56 Å². The van der Waals surface area contributed by atoms with Crippen LogP contribution >= 0.6 is 0 Å². The lowest BCUT2D eigenvalue weighted by molar-refractivity contribution is -0.121. The molecule has 1 atom stereocenters. The standard InChI is InChI=1S/C14H17NO/c1-11-13(8-5-9-14(11)16)15-10-12-6-3-2-4-7-12/h2-4,6-7,11H,5,8-10H2,1H3. The molecule has 84 valence electrons. The van der Waals surface area contributed by atoms with Crippen molar-refractivity contribution in [3.05, 3.63) is 35.9 Å². The van der Waals surface area contributed by atoms with Gasteiger partial charge in [-0.05, 0) is 18.4 Å². The monoisotopic (exact) mass is 215 g/mol. The fourth-order valence-corrected chi connectivity index (χ4v) is 2.05. The zero-order valence-electron chi connectivity index (χ0n) is 9.65. The van der Waals surface area contributed by atoms with E-state index in [0.29, 0.717) is 12.3 Å². The average Bonchev–Trinajstić information content (AvgIpc) is 2.32. The first-order valence-corrected chi connectivity index (χ1v) is 5.87. The van der Waals surface area contributed by atoms with Crippen LogP contribution in [0.3, 0.4) is 0 Å². The van der Waals surface area contributed by atoms with Gasteiger partial charge in [-0.15, -0.1) is 0 Å². The second kappa shape index (κ2) is 5.06. The molecule has 1 aromatic carbocycles. The fourth-order valence-electron chi connectivity index (χ4n) is 2.05. The van der Waals surface area contributed by atoms with Gasteiger partial charge in [0.15, 0.2) is 0 Å². The Hall–Kier alpha value is -1.44. The summed E-state index contributed by atoms with van der Waals surface area (Å²) in [5, 5.41) is 0. The second-order valence-corrected chi connectivity index (χ2v) is 4.33. The minimum atomic E-state index is 0.0393. The normalized spacial score (nSPS) is 23.7. The Morgan fingerprint density at radius 2 is 2.00 bits per heavy atom. The SMILES string of the molecule is CC1C(=O)CCCC1=NCc1ccccc1. The van der Waals surface area contributed by atoms with E-state index in [-0.39, 0.29) is 5.92 Å². The predicted octanol–water partition coefficient (Wildman–Crippen LogP) is 3.02. The van der Waals surface area contributed by atoms with Crippen molar-refractivity contribution in [3.63, 3.8) is 0 Å². The van der Waals surface area contributed by atoms with Crippen LogP contribution in [-0.4, -0.2) is 11.5 Å². The zero-order chi connectivity index (χ0) is 11.4. The lowest BCUT2D eigenvalue weighted by Crippen LogP contribution is -2.26. The topological polar surface area (TPSA) is 29.4 Å². The third-order valence-electron chi connectivity index (χ3n) is 3.15. The van der Waals surface area contributed by atoms with Crippen molar-refractivity contribution in [3.8, 4) is 0 Å². The van der Waals surface area contributed by atoms with Crippen molar-refractivity contribution in [2.24, 2.45) is 10.9 Å². The van der Waals surface area contributed by atoms with Crippen LogP contribution in [0.2, 0.25) is 0 Å². The molecule has 0 N–H and O–H groups in total. The highest BCUT2D eigenvalue weighted by atomic mass is 16.1. The molecule has 2 nitrogen and oxygen atoms in total. The van der Waals surface area contributed by atoms with E-state index >= 15 is 0 Å². The van der Waals surface area contributed by atoms with Crippen LogP contribution in [0.25, 0.3) is 0 Å². The summed E-state index contributed by atoms with van der Waals surface area (Å²) in [6.07, 6.45) is 2.68. The van der Waals surface area contributed by atoms with Gasteiger partial charge in [0.1, 0.15) is 5.78 Å². The van der Waals surface area contributed by atoms with E-state index in [4.69, 9.17) is 0 Å². The Morgan fingerprint density at radius 3 is 2.75 bits per heavy atom. The molecule has 0 radical (unpaired) electrons. The maximum atomic E-state index is 11.5. The maximum Gasteiger partial charge on any atom is 0.141 e. The first kappa shape index (κ1) is 11.1. The van der Waals surface area contributed by atoms with Crippen LogP contribution in [0.1, 0.15) is 31.7 Å². The highest BCUT2D eigenvalue weighted by Gasteiger charge is 2.23. The molecule has 16 heavy (non-hydrogen) atoms. The number of benzene rings is 1. The van der Waals surface area contributed by atoms with Crippen LogP contribution < -0.4 is 0 Å². The Labute approximate surface area is 96.4 Å². The highest BCUT2D eigenvalue weighted by molar-refractivity contribution is 6.06. The average molecular weight is 215 g/mol. The van der Waals surface area contributed by atoms with Crippen LogP contribution in [-0.2, 0) is 11.3 Å². The lowest BCUT2D eigenvalue weighted by atomic mass is 9.87. The number of hydrogen-bond acceptors (Lipinski definition) is 2. The molecule has 2 heteroatoms. The molecule has 0 aromatic heterocycles. The highest BCUT2D eigenvalue weighted by Crippen LogP contribution is 2.18. The van der Waals surface area contributed by atoms with E-state index in [2.05, 4.69) is 17.1 Å². The van der Waals surface area contributed by atoms with Crippen LogP contribution in [0.4, 0.5) is 0 Å². The molecule has 0 amide bonds. The molecular formula is C14H17NO. The quantitative estimate of drug-likeness (QED) is 0.745. The van der Waals surface area contributed by atoms with Gasteiger partial charge in [0.25, 0.3) is 0 Å². The molecule has 0 spiro atoms. The zero-order valence-corrected chi connectivity index (χ0v) is 9.65. The van der Waals surface area contributed by atoms with Gasteiger partial charge in [-0.3, -0.25) is 9.79 Å². The first-order chi connectivity index (χ1) is 7.77. The number of nitrogens with zero attached hydrogens (tertiary/aromatic N) is 1. The summed E-state index contributed by atoms with van der Waals surface area (Å²) in [6.45, 7) is 2.68. The van der Waals surface area contributed by atoms with Crippen molar-refractivity contribution in [1.29, 1.82) is 0 Å². The molecule has 2 rings (SSSR count). The molecule has 0 saturated heterocycles. The summed E-state index contributed by atoms with van der Waals surface area (Å²) in [4.78, 5) is 16.1. The number of rotatable bonds is 2. The molecule has 0 heterocycles. The van der Waals surface area contributed by atoms with Crippen molar-refractivity contribution in [1.82, 2.24) is 0 Å². The molecule has 0 bridgehead atoms. The van der Waals surface area contributed by atoms with Crippen LogP contribution in [0.5, 0.6) is 0 Å². The van der Waals surface area contributed by atoms with Gasteiger partial charge in [0.2, 0.25) is 0 Å². The van der Waals surface area contributed by atoms with Gasteiger partial charge in [-0.1, -0.05) is 37.3 Å². The van der Waals surface area contributed by atoms with E-state index in [9.17, 15) is 4.79 Å².